The molecule has 20 heavy (non-hydrogen) atoms. The number of benzene rings is 1. The highest BCUT2D eigenvalue weighted by molar-refractivity contribution is 5.81. The van der Waals surface area contributed by atoms with Gasteiger partial charge in [-0.3, -0.25) is 0 Å². The molecule has 2 saturated heterocycles. The molecule has 0 saturated carbocycles. The topological polar surface area (TPSA) is 54.0 Å². The van der Waals surface area contributed by atoms with Crippen molar-refractivity contribution >= 4 is 5.97 Å². The fourth-order valence-corrected chi connectivity index (χ4v) is 2.69. The molecule has 2 fully saturated rings. The van der Waals surface area contributed by atoms with Gasteiger partial charge in [-0.2, -0.15) is 0 Å². The van der Waals surface area contributed by atoms with Crippen molar-refractivity contribution in [2.75, 3.05) is 20.3 Å². The van der Waals surface area contributed by atoms with E-state index in [1.807, 2.05) is 24.3 Å². The zero-order valence-electron chi connectivity index (χ0n) is 11.6. The molecule has 5 heteroatoms. The number of carbonyl (C=O) groups is 1. The second kappa shape index (κ2) is 5.07. The van der Waals surface area contributed by atoms with E-state index in [2.05, 4.69) is 0 Å². The van der Waals surface area contributed by atoms with E-state index in [0.717, 1.165) is 11.3 Å². The number of methoxy groups -OCH3 is 1. The Morgan fingerprint density at radius 1 is 1.25 bits per heavy atom. The van der Waals surface area contributed by atoms with Crippen LogP contribution < -0.4 is 4.74 Å². The van der Waals surface area contributed by atoms with E-state index in [-0.39, 0.29) is 18.2 Å². The lowest BCUT2D eigenvalue weighted by Gasteiger charge is -2.44. The van der Waals surface area contributed by atoms with Crippen LogP contribution in [0.4, 0.5) is 0 Å². The molecule has 2 aliphatic heterocycles. The minimum absolute atomic E-state index is 0.260. The molecule has 3 rings (SSSR count). The second-order valence-corrected chi connectivity index (χ2v) is 5.22. The lowest BCUT2D eigenvalue weighted by Crippen LogP contribution is -2.58. The van der Waals surface area contributed by atoms with Gasteiger partial charge < -0.3 is 18.9 Å². The van der Waals surface area contributed by atoms with E-state index >= 15 is 0 Å². The maximum atomic E-state index is 12.2. The van der Waals surface area contributed by atoms with Crippen molar-refractivity contribution in [1.29, 1.82) is 0 Å². The molecule has 1 aromatic carbocycles. The molecule has 3 atom stereocenters. The summed E-state index contributed by atoms with van der Waals surface area (Å²) in [6, 6.07) is 7.52. The Hall–Kier alpha value is -1.59. The van der Waals surface area contributed by atoms with Crippen molar-refractivity contribution in [2.24, 2.45) is 0 Å². The average Bonchev–Trinajstić information content (AvgIpc) is 2.48. The lowest BCUT2D eigenvalue weighted by atomic mass is 9.88. The first-order chi connectivity index (χ1) is 9.63. The van der Waals surface area contributed by atoms with Crippen LogP contribution in [0.5, 0.6) is 5.75 Å². The Kier molecular flexibility index (Phi) is 3.40. The van der Waals surface area contributed by atoms with E-state index in [4.69, 9.17) is 18.9 Å². The van der Waals surface area contributed by atoms with E-state index in [9.17, 15) is 4.79 Å². The Labute approximate surface area is 117 Å². The molecule has 2 heterocycles. The fourth-order valence-electron chi connectivity index (χ4n) is 2.69. The summed E-state index contributed by atoms with van der Waals surface area (Å²) in [6.07, 6.45) is 0.0481. The summed E-state index contributed by atoms with van der Waals surface area (Å²) in [7, 11) is 1.62. The zero-order chi connectivity index (χ0) is 14.2. The molecule has 2 aliphatic rings. The van der Waals surface area contributed by atoms with Gasteiger partial charge in [-0.25, -0.2) is 4.79 Å². The van der Waals surface area contributed by atoms with Gasteiger partial charge >= 0.3 is 5.97 Å². The van der Waals surface area contributed by atoms with Crippen LogP contribution in [-0.2, 0) is 19.0 Å². The van der Waals surface area contributed by atoms with Gasteiger partial charge in [0.05, 0.1) is 20.3 Å². The Morgan fingerprint density at radius 3 is 2.70 bits per heavy atom. The summed E-state index contributed by atoms with van der Waals surface area (Å²) < 4.78 is 21.9. The van der Waals surface area contributed by atoms with Crippen molar-refractivity contribution in [2.45, 2.75) is 31.2 Å². The normalized spacial score (nSPS) is 33.2. The third-order valence-corrected chi connectivity index (χ3v) is 3.99. The molecule has 0 aliphatic carbocycles. The first kappa shape index (κ1) is 13.4. The van der Waals surface area contributed by atoms with Crippen molar-refractivity contribution in [3.8, 4) is 5.75 Å². The Bertz CT molecular complexity index is 497. The van der Waals surface area contributed by atoms with Gasteiger partial charge in [-0.1, -0.05) is 12.1 Å². The zero-order valence-corrected chi connectivity index (χ0v) is 11.6. The maximum Gasteiger partial charge on any atom is 0.341 e. The molecule has 108 valence electrons. The SMILES string of the molecule is COc1ccc(C2CC3OCCOC3(C)C(=O)O2)cc1. The van der Waals surface area contributed by atoms with Crippen LogP contribution in [0.15, 0.2) is 24.3 Å². The smallest absolute Gasteiger partial charge is 0.341 e. The summed E-state index contributed by atoms with van der Waals surface area (Å²) >= 11 is 0. The minimum atomic E-state index is -0.971. The van der Waals surface area contributed by atoms with Gasteiger partial charge in [-0.15, -0.1) is 0 Å². The highest BCUT2D eigenvalue weighted by Gasteiger charge is 2.52. The number of fused-ring (bicyclic) bond motifs is 1. The first-order valence-electron chi connectivity index (χ1n) is 6.74. The summed E-state index contributed by atoms with van der Waals surface area (Å²) in [5.74, 6) is 0.423. The predicted octanol–water partition coefficient (Wildman–Crippen LogP) is 1.86. The van der Waals surface area contributed by atoms with Gasteiger partial charge in [-0.05, 0) is 24.6 Å². The van der Waals surface area contributed by atoms with Crippen LogP contribution in [0.1, 0.15) is 25.0 Å². The van der Waals surface area contributed by atoms with Crippen LogP contribution in [0.2, 0.25) is 0 Å². The summed E-state index contributed by atoms with van der Waals surface area (Å²) in [6.45, 7) is 2.68. The number of cyclic esters (lactones) is 1. The molecule has 3 unspecified atom stereocenters. The van der Waals surface area contributed by atoms with Gasteiger partial charge in [0.1, 0.15) is 18.0 Å². The number of rotatable bonds is 2. The molecule has 0 aromatic heterocycles. The molecule has 0 bridgehead atoms. The third-order valence-electron chi connectivity index (χ3n) is 3.99. The summed E-state index contributed by atoms with van der Waals surface area (Å²) in [4.78, 5) is 12.2. The number of hydrogen-bond acceptors (Lipinski definition) is 5. The van der Waals surface area contributed by atoms with Crippen molar-refractivity contribution < 1.29 is 23.7 Å². The Balaban J connectivity index is 1.80. The first-order valence-corrected chi connectivity index (χ1v) is 6.74. The number of ether oxygens (including phenoxy) is 4. The van der Waals surface area contributed by atoms with Crippen molar-refractivity contribution in [1.82, 2.24) is 0 Å². The highest BCUT2D eigenvalue weighted by atomic mass is 16.6. The molecule has 5 nitrogen and oxygen atoms in total. The van der Waals surface area contributed by atoms with Crippen LogP contribution in [0.3, 0.4) is 0 Å². The molecule has 1 aromatic rings. The van der Waals surface area contributed by atoms with E-state index in [1.165, 1.54) is 0 Å². The largest absolute Gasteiger partial charge is 0.497 e. The van der Waals surface area contributed by atoms with Crippen LogP contribution >= 0.6 is 0 Å². The molecule has 0 spiro atoms. The Morgan fingerprint density at radius 2 is 2.00 bits per heavy atom. The quantitative estimate of drug-likeness (QED) is 0.773. The van der Waals surface area contributed by atoms with Gasteiger partial charge in [0.25, 0.3) is 0 Å². The lowest BCUT2D eigenvalue weighted by molar-refractivity contribution is -0.244. The number of hydrogen-bond donors (Lipinski definition) is 0. The molecular formula is C15H18O5. The van der Waals surface area contributed by atoms with Gasteiger partial charge in [0, 0.05) is 6.42 Å². The monoisotopic (exact) mass is 278 g/mol. The van der Waals surface area contributed by atoms with E-state index in [1.54, 1.807) is 14.0 Å². The molecular weight excluding hydrogens is 260 g/mol. The number of esters is 1. The van der Waals surface area contributed by atoms with Crippen LogP contribution in [0, 0.1) is 0 Å². The van der Waals surface area contributed by atoms with Gasteiger partial charge in [0.15, 0.2) is 5.60 Å². The standard InChI is InChI=1S/C15H18O5/c1-15-13(18-7-8-19-15)9-12(20-14(15)16)10-3-5-11(17-2)6-4-10/h3-6,12-13H,7-9H2,1-2H3. The number of carbonyl (C=O) groups excluding carboxylic acids is 1. The summed E-state index contributed by atoms with van der Waals surface area (Å²) in [5.41, 5.74) is -0.0309. The highest BCUT2D eigenvalue weighted by Crippen LogP contribution is 2.39. The molecule has 0 amide bonds. The van der Waals surface area contributed by atoms with E-state index < -0.39 is 5.60 Å². The fraction of sp³-hybridized carbons (Fsp3) is 0.533. The molecule has 0 N–H and O–H groups in total. The van der Waals surface area contributed by atoms with Gasteiger partial charge in [0.2, 0.25) is 0 Å². The summed E-state index contributed by atoms with van der Waals surface area (Å²) in [5, 5.41) is 0. The maximum absolute atomic E-state index is 12.2. The van der Waals surface area contributed by atoms with Crippen molar-refractivity contribution in [3.05, 3.63) is 29.8 Å². The molecule has 0 radical (unpaired) electrons. The third kappa shape index (κ3) is 2.17. The average molecular weight is 278 g/mol. The van der Waals surface area contributed by atoms with Crippen LogP contribution in [0.25, 0.3) is 0 Å². The predicted molar refractivity (Wildman–Crippen MR) is 70.5 cm³/mol. The van der Waals surface area contributed by atoms with Crippen LogP contribution in [-0.4, -0.2) is 38.0 Å². The van der Waals surface area contributed by atoms with Crippen molar-refractivity contribution in [3.63, 3.8) is 0 Å². The van der Waals surface area contributed by atoms with E-state index in [0.29, 0.717) is 19.6 Å². The second-order valence-electron chi connectivity index (χ2n) is 5.22. The minimum Gasteiger partial charge on any atom is -0.497 e.